The first kappa shape index (κ1) is 18.5. The number of hydrogen-bond acceptors (Lipinski definition) is 3. The van der Waals surface area contributed by atoms with Gasteiger partial charge in [-0.15, -0.1) is 0 Å². The second kappa shape index (κ2) is 8.36. The fraction of sp³-hybridized carbons (Fsp3) is 0.182. The van der Waals surface area contributed by atoms with Gasteiger partial charge in [0.25, 0.3) is 5.91 Å². The Bertz CT molecular complexity index is 977. The summed E-state index contributed by atoms with van der Waals surface area (Å²) in [4.78, 5) is 24.1. The van der Waals surface area contributed by atoms with Crippen molar-refractivity contribution in [3.8, 4) is 5.75 Å². The Labute approximate surface area is 158 Å². The van der Waals surface area contributed by atoms with E-state index >= 15 is 0 Å². The summed E-state index contributed by atoms with van der Waals surface area (Å²) in [5.74, 6) is 0.0179. The maximum absolute atomic E-state index is 12.1. The number of amides is 2. The van der Waals surface area contributed by atoms with Crippen molar-refractivity contribution in [1.82, 2.24) is 5.32 Å². The third kappa shape index (κ3) is 4.64. The van der Waals surface area contributed by atoms with Gasteiger partial charge in [0.2, 0.25) is 5.91 Å². The van der Waals surface area contributed by atoms with Crippen LogP contribution in [0.5, 0.6) is 5.75 Å². The number of aryl methyl sites for hydroxylation is 1. The fourth-order valence-electron chi connectivity index (χ4n) is 2.78. The lowest BCUT2D eigenvalue weighted by Gasteiger charge is -2.12. The third-order valence-electron chi connectivity index (χ3n) is 4.43. The zero-order valence-corrected chi connectivity index (χ0v) is 15.4. The first-order chi connectivity index (χ1) is 13.0. The normalized spacial score (nSPS) is 10.4. The second-order valence-electron chi connectivity index (χ2n) is 6.34. The first-order valence-electron chi connectivity index (χ1n) is 8.78. The Morgan fingerprint density at radius 1 is 0.889 bits per heavy atom. The molecule has 5 heteroatoms. The molecular weight excluding hydrogens is 340 g/mol. The van der Waals surface area contributed by atoms with Crippen LogP contribution in [0, 0.1) is 13.8 Å². The van der Waals surface area contributed by atoms with E-state index in [1.54, 1.807) is 0 Å². The van der Waals surface area contributed by atoms with Crippen molar-refractivity contribution in [2.45, 2.75) is 13.8 Å². The van der Waals surface area contributed by atoms with Crippen LogP contribution in [0.4, 0.5) is 5.69 Å². The molecule has 0 saturated heterocycles. The number of ether oxygens (including phenoxy) is 1. The number of rotatable bonds is 6. The minimum Gasteiger partial charge on any atom is -0.483 e. The standard InChI is InChI=1S/C22H22N2O3/c1-15-7-5-11-19(16(15)2)24-21(25)13-23-22(26)14-27-20-12-6-9-17-8-3-4-10-18(17)20/h3-12H,13-14H2,1-2H3,(H,23,26)(H,24,25). The van der Waals surface area contributed by atoms with Gasteiger partial charge in [0.05, 0.1) is 6.54 Å². The van der Waals surface area contributed by atoms with Crippen LogP contribution in [0.3, 0.4) is 0 Å². The minimum atomic E-state index is -0.348. The molecule has 5 nitrogen and oxygen atoms in total. The monoisotopic (exact) mass is 362 g/mol. The summed E-state index contributed by atoms with van der Waals surface area (Å²) >= 11 is 0. The summed E-state index contributed by atoms with van der Waals surface area (Å²) in [6.45, 7) is 3.68. The number of carbonyl (C=O) groups is 2. The van der Waals surface area contributed by atoms with Crippen molar-refractivity contribution in [3.63, 3.8) is 0 Å². The van der Waals surface area contributed by atoms with E-state index in [4.69, 9.17) is 4.74 Å². The Morgan fingerprint density at radius 2 is 1.63 bits per heavy atom. The number of carbonyl (C=O) groups excluding carboxylic acids is 2. The zero-order valence-electron chi connectivity index (χ0n) is 15.4. The maximum Gasteiger partial charge on any atom is 0.258 e. The van der Waals surface area contributed by atoms with Gasteiger partial charge in [0.15, 0.2) is 6.61 Å². The molecule has 0 aliphatic carbocycles. The fourth-order valence-corrected chi connectivity index (χ4v) is 2.78. The van der Waals surface area contributed by atoms with Crippen molar-refractivity contribution < 1.29 is 14.3 Å². The van der Waals surface area contributed by atoms with Gasteiger partial charge in [-0.25, -0.2) is 0 Å². The molecule has 3 aromatic carbocycles. The van der Waals surface area contributed by atoms with Crippen LogP contribution in [0.25, 0.3) is 10.8 Å². The summed E-state index contributed by atoms with van der Waals surface area (Å²) < 4.78 is 5.62. The quantitative estimate of drug-likeness (QED) is 0.704. The van der Waals surface area contributed by atoms with Gasteiger partial charge < -0.3 is 15.4 Å². The highest BCUT2D eigenvalue weighted by Crippen LogP contribution is 2.24. The van der Waals surface area contributed by atoms with Crippen LogP contribution in [-0.2, 0) is 9.59 Å². The summed E-state index contributed by atoms with van der Waals surface area (Å²) in [5.41, 5.74) is 2.86. The Hall–Kier alpha value is -3.34. The molecule has 0 heterocycles. The highest BCUT2D eigenvalue weighted by atomic mass is 16.5. The lowest BCUT2D eigenvalue weighted by molar-refractivity contribution is -0.125. The van der Waals surface area contributed by atoms with E-state index in [-0.39, 0.29) is 25.0 Å². The van der Waals surface area contributed by atoms with Crippen molar-refractivity contribution in [2.75, 3.05) is 18.5 Å². The molecule has 0 aliphatic rings. The molecule has 0 radical (unpaired) electrons. The average Bonchev–Trinajstić information content (AvgIpc) is 2.68. The van der Waals surface area contributed by atoms with E-state index in [2.05, 4.69) is 10.6 Å². The molecule has 0 atom stereocenters. The van der Waals surface area contributed by atoms with Crippen LogP contribution in [0.2, 0.25) is 0 Å². The summed E-state index contributed by atoms with van der Waals surface area (Å²) in [6.07, 6.45) is 0. The van der Waals surface area contributed by atoms with E-state index in [0.717, 1.165) is 27.6 Å². The van der Waals surface area contributed by atoms with Crippen molar-refractivity contribution in [1.29, 1.82) is 0 Å². The Kier molecular flexibility index (Phi) is 5.71. The molecule has 0 aromatic heterocycles. The lowest BCUT2D eigenvalue weighted by Crippen LogP contribution is -2.35. The Morgan fingerprint density at radius 3 is 2.48 bits per heavy atom. The highest BCUT2D eigenvalue weighted by Gasteiger charge is 2.09. The van der Waals surface area contributed by atoms with Gasteiger partial charge in [-0.1, -0.05) is 48.5 Å². The van der Waals surface area contributed by atoms with E-state index in [1.165, 1.54) is 0 Å². The molecule has 3 rings (SSSR count). The van der Waals surface area contributed by atoms with Crippen LogP contribution in [0.15, 0.2) is 60.7 Å². The molecular formula is C22H22N2O3. The molecule has 2 N–H and O–H groups in total. The predicted molar refractivity (Wildman–Crippen MR) is 107 cm³/mol. The SMILES string of the molecule is Cc1cccc(NC(=O)CNC(=O)COc2cccc3ccccc23)c1C. The molecule has 0 unspecified atom stereocenters. The van der Waals surface area contributed by atoms with Gasteiger partial charge >= 0.3 is 0 Å². The largest absolute Gasteiger partial charge is 0.483 e. The van der Waals surface area contributed by atoms with E-state index in [9.17, 15) is 9.59 Å². The summed E-state index contributed by atoms with van der Waals surface area (Å²) in [6, 6.07) is 19.2. The van der Waals surface area contributed by atoms with Crippen molar-refractivity contribution >= 4 is 28.3 Å². The topological polar surface area (TPSA) is 67.4 Å². The lowest BCUT2D eigenvalue weighted by atomic mass is 10.1. The number of benzene rings is 3. The molecule has 0 aliphatic heterocycles. The number of fused-ring (bicyclic) bond motifs is 1. The highest BCUT2D eigenvalue weighted by molar-refractivity contribution is 5.95. The van der Waals surface area contributed by atoms with Gasteiger partial charge in [-0.05, 0) is 42.5 Å². The smallest absolute Gasteiger partial charge is 0.258 e. The minimum absolute atomic E-state index is 0.106. The van der Waals surface area contributed by atoms with Gasteiger partial charge in [-0.2, -0.15) is 0 Å². The van der Waals surface area contributed by atoms with E-state index in [0.29, 0.717) is 5.75 Å². The van der Waals surface area contributed by atoms with Crippen LogP contribution in [-0.4, -0.2) is 25.0 Å². The van der Waals surface area contributed by atoms with Gasteiger partial charge in [-0.3, -0.25) is 9.59 Å². The zero-order chi connectivity index (χ0) is 19.2. The first-order valence-corrected chi connectivity index (χ1v) is 8.78. The Balaban J connectivity index is 1.51. The predicted octanol–water partition coefficient (Wildman–Crippen LogP) is 3.59. The summed E-state index contributed by atoms with van der Waals surface area (Å²) in [7, 11) is 0. The van der Waals surface area contributed by atoms with Crippen LogP contribution < -0.4 is 15.4 Å². The summed E-state index contributed by atoms with van der Waals surface area (Å²) in [5, 5.41) is 7.38. The molecule has 0 saturated carbocycles. The van der Waals surface area contributed by atoms with Crippen LogP contribution in [0.1, 0.15) is 11.1 Å². The molecule has 138 valence electrons. The number of nitrogens with one attached hydrogen (secondary N) is 2. The average molecular weight is 362 g/mol. The van der Waals surface area contributed by atoms with Crippen molar-refractivity contribution in [2.24, 2.45) is 0 Å². The van der Waals surface area contributed by atoms with Gasteiger partial charge in [0.1, 0.15) is 5.75 Å². The molecule has 27 heavy (non-hydrogen) atoms. The maximum atomic E-state index is 12.1. The van der Waals surface area contributed by atoms with Gasteiger partial charge in [0, 0.05) is 11.1 Å². The second-order valence-corrected chi connectivity index (χ2v) is 6.34. The van der Waals surface area contributed by atoms with Crippen molar-refractivity contribution in [3.05, 3.63) is 71.8 Å². The molecule has 0 bridgehead atoms. The van der Waals surface area contributed by atoms with Crippen LogP contribution >= 0.6 is 0 Å². The molecule has 0 fully saturated rings. The molecule has 2 amide bonds. The molecule has 0 spiro atoms. The third-order valence-corrected chi connectivity index (χ3v) is 4.43. The van der Waals surface area contributed by atoms with E-state index in [1.807, 2.05) is 74.5 Å². The molecule has 3 aromatic rings. The number of hydrogen-bond donors (Lipinski definition) is 2. The number of anilines is 1. The van der Waals surface area contributed by atoms with E-state index < -0.39 is 0 Å².